The average molecular weight is 535 g/mol. The molecule has 0 spiro atoms. The largest absolute Gasteiger partial charge is 0.390 e. The molecule has 28 heavy (non-hydrogen) atoms. The number of halogens is 5. The molecule has 0 radical (unpaired) electrons. The minimum absolute atomic E-state index is 0. The zero-order chi connectivity index (χ0) is 19.7. The van der Waals surface area contributed by atoms with Gasteiger partial charge < -0.3 is 15.4 Å². The fourth-order valence-electron chi connectivity index (χ4n) is 2.85. The zero-order valence-electron chi connectivity index (χ0n) is 15.8. The van der Waals surface area contributed by atoms with E-state index in [4.69, 9.17) is 16.3 Å². The quantitative estimate of drug-likeness (QED) is 0.317. The van der Waals surface area contributed by atoms with E-state index >= 15 is 0 Å². The number of hydrogen-bond acceptors (Lipinski definition) is 3. The van der Waals surface area contributed by atoms with Crippen molar-refractivity contribution in [3.8, 4) is 0 Å². The van der Waals surface area contributed by atoms with Crippen LogP contribution >= 0.6 is 35.6 Å². The molecule has 1 fully saturated rings. The first kappa shape index (κ1) is 25.3. The summed E-state index contributed by atoms with van der Waals surface area (Å²) in [6, 6.07) is 7.59. The molecule has 0 saturated carbocycles. The topological polar surface area (TPSA) is 48.9 Å². The summed E-state index contributed by atoms with van der Waals surface area (Å²) in [6.07, 6.45) is -5.09. The van der Waals surface area contributed by atoms with Crippen LogP contribution in [0.25, 0.3) is 0 Å². The predicted octanol–water partition coefficient (Wildman–Crippen LogP) is 3.84. The second-order valence-corrected chi connectivity index (χ2v) is 6.66. The van der Waals surface area contributed by atoms with Crippen molar-refractivity contribution < 1.29 is 17.9 Å². The van der Waals surface area contributed by atoms with Gasteiger partial charge in [0.1, 0.15) is 0 Å². The summed E-state index contributed by atoms with van der Waals surface area (Å²) in [5.41, 5.74) is 1.07. The van der Waals surface area contributed by atoms with E-state index in [-0.39, 0.29) is 36.6 Å². The summed E-state index contributed by atoms with van der Waals surface area (Å²) < 4.78 is 42.5. The number of ether oxygens (including phenoxy) is 1. The highest BCUT2D eigenvalue weighted by atomic mass is 127. The lowest BCUT2D eigenvalue weighted by Gasteiger charge is -2.34. The van der Waals surface area contributed by atoms with Crippen molar-refractivity contribution in [3.63, 3.8) is 0 Å². The van der Waals surface area contributed by atoms with Gasteiger partial charge in [0.2, 0.25) is 0 Å². The van der Waals surface area contributed by atoms with Crippen LogP contribution in [-0.2, 0) is 4.74 Å². The summed E-state index contributed by atoms with van der Waals surface area (Å²) in [7, 11) is 0. The van der Waals surface area contributed by atoms with Gasteiger partial charge in [-0.25, -0.2) is 0 Å². The van der Waals surface area contributed by atoms with Crippen LogP contribution in [0.3, 0.4) is 0 Å². The predicted molar refractivity (Wildman–Crippen MR) is 117 cm³/mol. The van der Waals surface area contributed by atoms with Crippen LogP contribution in [0.5, 0.6) is 0 Å². The zero-order valence-corrected chi connectivity index (χ0v) is 18.9. The summed E-state index contributed by atoms with van der Waals surface area (Å²) in [5.74, 6) is 0.383. The first-order chi connectivity index (χ1) is 12.9. The summed E-state index contributed by atoms with van der Waals surface area (Å²) in [5, 5.41) is 6.40. The van der Waals surface area contributed by atoms with E-state index in [1.54, 1.807) is 0 Å². The molecule has 2 rings (SSSR count). The Balaban J connectivity index is 0.00000392. The second-order valence-electron chi connectivity index (χ2n) is 6.23. The molecule has 160 valence electrons. The first-order valence-corrected chi connectivity index (χ1v) is 9.43. The van der Waals surface area contributed by atoms with Gasteiger partial charge in [-0.3, -0.25) is 9.89 Å². The number of alkyl halides is 3. The van der Waals surface area contributed by atoms with Gasteiger partial charge in [0.15, 0.2) is 5.96 Å². The molecule has 1 saturated heterocycles. The van der Waals surface area contributed by atoms with Crippen LogP contribution in [-0.4, -0.2) is 63.0 Å². The Labute approximate surface area is 186 Å². The van der Waals surface area contributed by atoms with Crippen molar-refractivity contribution >= 4 is 41.5 Å². The highest BCUT2D eigenvalue weighted by molar-refractivity contribution is 14.0. The van der Waals surface area contributed by atoms with Gasteiger partial charge in [-0.2, -0.15) is 13.2 Å². The Morgan fingerprint density at radius 2 is 1.86 bits per heavy atom. The van der Waals surface area contributed by atoms with E-state index in [9.17, 15) is 13.2 Å². The third-order valence-corrected chi connectivity index (χ3v) is 4.46. The van der Waals surface area contributed by atoms with Gasteiger partial charge in [-0.05, 0) is 24.6 Å². The normalized spacial score (nSPS) is 17.0. The van der Waals surface area contributed by atoms with Crippen LogP contribution in [0.1, 0.15) is 24.9 Å². The second kappa shape index (κ2) is 12.7. The number of guanidine groups is 1. The third-order valence-electron chi connectivity index (χ3n) is 4.21. The fraction of sp³-hybridized carbons (Fsp3) is 0.611. The van der Waals surface area contributed by atoms with Crippen LogP contribution in [0.15, 0.2) is 29.3 Å². The molecule has 1 unspecified atom stereocenters. The van der Waals surface area contributed by atoms with E-state index in [2.05, 4.69) is 20.5 Å². The SMILES string of the molecule is CCNC(=NCC(c1ccc(Cl)cc1)N1CCOCC1)NCCC(F)(F)F.I. The van der Waals surface area contributed by atoms with E-state index in [0.29, 0.717) is 37.3 Å². The summed E-state index contributed by atoms with van der Waals surface area (Å²) in [4.78, 5) is 6.79. The average Bonchev–Trinajstić information content (AvgIpc) is 2.63. The number of morpholine rings is 1. The summed E-state index contributed by atoms with van der Waals surface area (Å²) in [6.45, 7) is 5.51. The number of benzene rings is 1. The van der Waals surface area contributed by atoms with Crippen molar-refractivity contribution in [1.82, 2.24) is 15.5 Å². The van der Waals surface area contributed by atoms with Crippen molar-refractivity contribution in [2.75, 3.05) is 45.9 Å². The molecule has 1 atom stereocenters. The number of nitrogens with zero attached hydrogens (tertiary/aromatic N) is 2. The van der Waals surface area contributed by atoms with Gasteiger partial charge in [0.25, 0.3) is 0 Å². The third kappa shape index (κ3) is 9.15. The van der Waals surface area contributed by atoms with Gasteiger partial charge in [0, 0.05) is 31.2 Å². The van der Waals surface area contributed by atoms with Crippen LogP contribution in [0.2, 0.25) is 5.02 Å². The van der Waals surface area contributed by atoms with Crippen molar-refractivity contribution in [2.45, 2.75) is 25.6 Å². The molecule has 0 bridgehead atoms. The Bertz CT molecular complexity index is 595. The maximum atomic E-state index is 12.4. The lowest BCUT2D eigenvalue weighted by Crippen LogP contribution is -2.42. The van der Waals surface area contributed by atoms with Crippen LogP contribution in [0, 0.1) is 0 Å². The van der Waals surface area contributed by atoms with Crippen molar-refractivity contribution in [1.29, 1.82) is 0 Å². The van der Waals surface area contributed by atoms with Gasteiger partial charge >= 0.3 is 6.18 Å². The van der Waals surface area contributed by atoms with Crippen LogP contribution < -0.4 is 10.6 Å². The molecule has 0 aromatic heterocycles. The maximum Gasteiger partial charge on any atom is 0.390 e. The highest BCUT2D eigenvalue weighted by Gasteiger charge is 2.26. The standard InChI is InChI=1S/C18H26ClF3N4O.HI/c1-2-23-17(24-8-7-18(20,21)22)25-13-16(26-9-11-27-12-10-26)14-3-5-15(19)6-4-14;/h3-6,16H,2,7-13H2,1H3,(H2,23,24,25);1H. The molecule has 0 amide bonds. The Kier molecular flexibility index (Phi) is 11.5. The molecule has 5 nitrogen and oxygen atoms in total. The fourth-order valence-corrected chi connectivity index (χ4v) is 2.97. The molecule has 1 heterocycles. The molecule has 1 aliphatic heterocycles. The van der Waals surface area contributed by atoms with Gasteiger partial charge in [0.05, 0.1) is 32.2 Å². The van der Waals surface area contributed by atoms with E-state index in [1.807, 2.05) is 31.2 Å². The number of hydrogen-bond donors (Lipinski definition) is 2. The maximum absolute atomic E-state index is 12.4. The number of aliphatic imine (C=N–C) groups is 1. The number of rotatable bonds is 7. The Morgan fingerprint density at radius 1 is 1.21 bits per heavy atom. The van der Waals surface area contributed by atoms with Crippen molar-refractivity contribution in [2.24, 2.45) is 4.99 Å². The van der Waals surface area contributed by atoms with Gasteiger partial charge in [-0.1, -0.05) is 23.7 Å². The minimum atomic E-state index is -4.19. The van der Waals surface area contributed by atoms with Crippen LogP contribution in [0.4, 0.5) is 13.2 Å². The lowest BCUT2D eigenvalue weighted by atomic mass is 10.0. The Hall–Kier alpha value is -0.780. The molecule has 1 aromatic rings. The molecule has 0 aliphatic carbocycles. The summed E-state index contributed by atoms with van der Waals surface area (Å²) >= 11 is 5.99. The molecule has 1 aliphatic rings. The molecular formula is C18H27ClF3IN4O. The highest BCUT2D eigenvalue weighted by Crippen LogP contribution is 2.24. The minimum Gasteiger partial charge on any atom is -0.379 e. The Morgan fingerprint density at radius 3 is 2.43 bits per heavy atom. The number of nitrogens with one attached hydrogen (secondary N) is 2. The molecule has 10 heteroatoms. The van der Waals surface area contributed by atoms with E-state index in [1.165, 1.54) is 0 Å². The smallest absolute Gasteiger partial charge is 0.379 e. The van der Waals surface area contributed by atoms with E-state index < -0.39 is 12.6 Å². The van der Waals surface area contributed by atoms with Gasteiger partial charge in [-0.15, -0.1) is 24.0 Å². The molecule has 1 aromatic carbocycles. The van der Waals surface area contributed by atoms with E-state index in [0.717, 1.165) is 18.7 Å². The molecular weight excluding hydrogens is 508 g/mol. The lowest BCUT2D eigenvalue weighted by molar-refractivity contribution is -0.132. The molecule has 2 N–H and O–H groups in total. The first-order valence-electron chi connectivity index (χ1n) is 9.05. The monoisotopic (exact) mass is 534 g/mol. The van der Waals surface area contributed by atoms with Crippen molar-refractivity contribution in [3.05, 3.63) is 34.9 Å².